The summed E-state index contributed by atoms with van der Waals surface area (Å²) in [6, 6.07) is 26.7. The summed E-state index contributed by atoms with van der Waals surface area (Å²) in [5.74, 6) is 0.749. The lowest BCUT2D eigenvalue weighted by Crippen LogP contribution is -2.12. The smallest absolute Gasteiger partial charge is 0.255 e. The predicted octanol–water partition coefficient (Wildman–Crippen LogP) is 4.68. The number of phenolic OH excluding ortho intramolecular Hbond substituents is 2. The number of carbonyl (C=O) groups excluding carboxylic acids is 1. The predicted molar refractivity (Wildman–Crippen MR) is 140 cm³/mol. The highest BCUT2D eigenvalue weighted by atomic mass is 16.3. The van der Waals surface area contributed by atoms with Gasteiger partial charge in [0.1, 0.15) is 25.2 Å². The monoisotopic (exact) mass is 459 g/mol. The van der Waals surface area contributed by atoms with E-state index >= 15 is 0 Å². The molecular weight excluding hydrogens is 437 g/mol. The minimum atomic E-state index is -0.300. The molecule has 6 nitrogen and oxygen atoms in total. The lowest BCUT2D eigenvalue weighted by molar-refractivity contribution is 0.102. The number of aromatic nitrogens is 1. The van der Waals surface area contributed by atoms with Crippen molar-refractivity contribution in [1.82, 2.24) is 4.40 Å². The first-order valence-electron chi connectivity index (χ1n) is 11.1. The molecule has 0 aliphatic rings. The van der Waals surface area contributed by atoms with Crippen molar-refractivity contribution in [3.63, 3.8) is 0 Å². The summed E-state index contributed by atoms with van der Waals surface area (Å²) in [6.45, 7) is 0.493. The zero-order valence-electron chi connectivity index (χ0n) is 18.8. The molecular formula is C28H22BN3O3. The maximum absolute atomic E-state index is 12.5. The second-order valence-electron chi connectivity index (χ2n) is 8.23. The van der Waals surface area contributed by atoms with E-state index in [1.165, 1.54) is 12.1 Å². The third kappa shape index (κ3) is 4.70. The van der Waals surface area contributed by atoms with Crippen LogP contribution in [0.25, 0.3) is 16.6 Å². The van der Waals surface area contributed by atoms with Crippen LogP contribution in [0.3, 0.4) is 0 Å². The molecule has 0 aliphatic heterocycles. The molecule has 0 aliphatic carbocycles. The number of carbonyl (C=O) groups is 1. The number of hydrogen-bond acceptors (Lipinski definition) is 4. The maximum Gasteiger partial charge on any atom is 0.255 e. The number of para-hydroxylation sites is 1. The fraction of sp³-hybridized carbons (Fsp3) is 0.0357. The lowest BCUT2D eigenvalue weighted by Gasteiger charge is -2.14. The number of nitrogens with zero attached hydrogens (tertiary/aromatic N) is 1. The van der Waals surface area contributed by atoms with Gasteiger partial charge in [0.15, 0.2) is 0 Å². The SMILES string of the molecule is [B]c1ccn2c(NCc3cccc(NC(=O)c4cccc(O)c4)c3)cc(-c3ccccc3O)cc12. The Bertz CT molecular complexity index is 1540. The Kier molecular flexibility index (Phi) is 5.89. The van der Waals surface area contributed by atoms with Crippen LogP contribution in [0.4, 0.5) is 11.5 Å². The molecule has 0 saturated carbocycles. The molecule has 0 spiro atoms. The highest BCUT2D eigenvalue weighted by molar-refractivity contribution is 6.37. The minimum absolute atomic E-state index is 0.0404. The topological polar surface area (TPSA) is 86.0 Å². The lowest BCUT2D eigenvalue weighted by atomic mass is 9.96. The maximum atomic E-state index is 12.5. The van der Waals surface area contributed by atoms with Crippen molar-refractivity contribution in [2.75, 3.05) is 10.6 Å². The van der Waals surface area contributed by atoms with Crippen LogP contribution in [0.1, 0.15) is 15.9 Å². The fourth-order valence-electron chi connectivity index (χ4n) is 4.04. The van der Waals surface area contributed by atoms with E-state index in [0.29, 0.717) is 23.3 Å². The van der Waals surface area contributed by atoms with E-state index in [4.69, 9.17) is 7.85 Å². The van der Waals surface area contributed by atoms with Gasteiger partial charge in [0.2, 0.25) is 0 Å². The molecule has 35 heavy (non-hydrogen) atoms. The average Bonchev–Trinajstić information content (AvgIpc) is 3.24. The number of fused-ring (bicyclic) bond motifs is 1. The molecule has 1 amide bonds. The molecule has 2 aromatic heterocycles. The molecule has 4 N–H and O–H groups in total. The Morgan fingerprint density at radius 3 is 2.54 bits per heavy atom. The quantitative estimate of drug-likeness (QED) is 0.278. The summed E-state index contributed by atoms with van der Waals surface area (Å²) in [5, 5.41) is 26.3. The van der Waals surface area contributed by atoms with Crippen LogP contribution in [0.2, 0.25) is 0 Å². The first kappa shape index (κ1) is 22.2. The highest BCUT2D eigenvalue weighted by Gasteiger charge is 2.11. The van der Waals surface area contributed by atoms with Gasteiger partial charge in [0.05, 0.1) is 0 Å². The van der Waals surface area contributed by atoms with Crippen molar-refractivity contribution < 1.29 is 15.0 Å². The zero-order valence-corrected chi connectivity index (χ0v) is 18.8. The Balaban J connectivity index is 1.39. The largest absolute Gasteiger partial charge is 0.508 e. The molecule has 0 saturated heterocycles. The summed E-state index contributed by atoms with van der Waals surface area (Å²) < 4.78 is 1.96. The molecule has 2 radical (unpaired) electrons. The first-order valence-corrected chi connectivity index (χ1v) is 11.1. The van der Waals surface area contributed by atoms with Crippen LogP contribution < -0.4 is 16.1 Å². The summed E-state index contributed by atoms with van der Waals surface area (Å²) in [7, 11) is 6.19. The van der Waals surface area contributed by atoms with Crippen molar-refractivity contribution in [1.29, 1.82) is 0 Å². The Labute approximate surface area is 203 Å². The van der Waals surface area contributed by atoms with E-state index in [1.54, 1.807) is 24.3 Å². The van der Waals surface area contributed by atoms with E-state index in [2.05, 4.69) is 10.6 Å². The van der Waals surface area contributed by atoms with Crippen molar-refractivity contribution in [2.24, 2.45) is 0 Å². The van der Waals surface area contributed by atoms with Gasteiger partial charge >= 0.3 is 0 Å². The van der Waals surface area contributed by atoms with E-state index in [9.17, 15) is 15.0 Å². The van der Waals surface area contributed by atoms with Crippen molar-refractivity contribution >= 4 is 36.2 Å². The number of phenols is 2. The normalized spacial score (nSPS) is 10.9. The summed E-state index contributed by atoms with van der Waals surface area (Å²) in [6.07, 6.45) is 1.90. The van der Waals surface area contributed by atoms with Crippen LogP contribution in [-0.4, -0.2) is 28.4 Å². The van der Waals surface area contributed by atoms with Gasteiger partial charge in [0.25, 0.3) is 5.91 Å². The molecule has 7 heteroatoms. The number of amides is 1. The standard InChI is InChI=1S/C28H22BN3O3/c29-24-11-12-32-25(24)15-20(23-9-1-2-10-26(23)34)16-27(32)30-17-18-5-3-7-21(13-18)31-28(35)19-6-4-8-22(33)14-19/h1-16,30,33-34H,17H2,(H,31,35). The summed E-state index contributed by atoms with van der Waals surface area (Å²) >= 11 is 0. The molecule has 0 atom stereocenters. The van der Waals surface area contributed by atoms with E-state index < -0.39 is 0 Å². The van der Waals surface area contributed by atoms with Gasteiger partial charge in [-0.15, -0.1) is 0 Å². The van der Waals surface area contributed by atoms with Gasteiger partial charge in [0, 0.05) is 35.1 Å². The molecule has 5 aromatic rings. The molecule has 0 unspecified atom stereocenters. The van der Waals surface area contributed by atoms with Crippen LogP contribution in [0, 0.1) is 0 Å². The van der Waals surface area contributed by atoms with Crippen LogP contribution in [-0.2, 0) is 6.54 Å². The molecule has 2 heterocycles. The van der Waals surface area contributed by atoms with E-state index in [-0.39, 0.29) is 17.4 Å². The first-order chi connectivity index (χ1) is 17.0. The number of pyridine rings is 1. The Morgan fingerprint density at radius 2 is 1.71 bits per heavy atom. The van der Waals surface area contributed by atoms with E-state index in [1.807, 2.05) is 65.2 Å². The Hall–Kier alpha value is -4.65. The number of aromatic hydroxyl groups is 2. The van der Waals surface area contributed by atoms with Gasteiger partial charge < -0.3 is 25.2 Å². The van der Waals surface area contributed by atoms with Gasteiger partial charge in [-0.1, -0.05) is 47.9 Å². The van der Waals surface area contributed by atoms with Gasteiger partial charge in [-0.2, -0.15) is 0 Å². The van der Waals surface area contributed by atoms with Crippen LogP contribution >= 0.6 is 0 Å². The summed E-state index contributed by atoms with van der Waals surface area (Å²) in [5.41, 5.74) is 5.02. The van der Waals surface area contributed by atoms with Crippen molar-refractivity contribution in [3.05, 3.63) is 108 Å². The fourth-order valence-corrected chi connectivity index (χ4v) is 4.04. The molecule has 5 rings (SSSR count). The number of rotatable bonds is 6. The highest BCUT2D eigenvalue weighted by Crippen LogP contribution is 2.31. The number of nitrogens with one attached hydrogen (secondary N) is 2. The zero-order chi connectivity index (χ0) is 24.4. The number of anilines is 2. The molecule has 0 bridgehead atoms. The van der Waals surface area contributed by atoms with Crippen LogP contribution in [0.15, 0.2) is 97.2 Å². The van der Waals surface area contributed by atoms with E-state index in [0.717, 1.165) is 28.0 Å². The third-order valence-electron chi connectivity index (χ3n) is 5.78. The Morgan fingerprint density at radius 1 is 0.886 bits per heavy atom. The van der Waals surface area contributed by atoms with Gasteiger partial charge in [-0.05, 0) is 59.7 Å². The van der Waals surface area contributed by atoms with Crippen molar-refractivity contribution in [2.45, 2.75) is 6.54 Å². The number of hydrogen-bond donors (Lipinski definition) is 4. The second-order valence-corrected chi connectivity index (χ2v) is 8.23. The van der Waals surface area contributed by atoms with Gasteiger partial charge in [-0.25, -0.2) is 0 Å². The molecule has 170 valence electrons. The van der Waals surface area contributed by atoms with Gasteiger partial charge in [-0.3, -0.25) is 4.79 Å². The second kappa shape index (κ2) is 9.31. The average molecular weight is 459 g/mol. The minimum Gasteiger partial charge on any atom is -0.508 e. The number of benzene rings is 3. The summed E-state index contributed by atoms with van der Waals surface area (Å²) in [4.78, 5) is 12.5. The third-order valence-corrected chi connectivity index (χ3v) is 5.78. The molecule has 3 aromatic carbocycles. The van der Waals surface area contributed by atoms with Crippen molar-refractivity contribution in [3.8, 4) is 22.6 Å². The van der Waals surface area contributed by atoms with Crippen LogP contribution in [0.5, 0.6) is 11.5 Å². The molecule has 0 fully saturated rings.